The number of carbonyl (C=O) groups is 1. The van der Waals surface area contributed by atoms with Gasteiger partial charge in [0.25, 0.3) is 5.91 Å². The molecule has 22 heavy (non-hydrogen) atoms. The lowest BCUT2D eigenvalue weighted by atomic mass is 9.97. The van der Waals surface area contributed by atoms with E-state index in [4.69, 9.17) is 16.1 Å². The summed E-state index contributed by atoms with van der Waals surface area (Å²) >= 11 is 5.72. The number of nitrogens with zero attached hydrogens (tertiary/aromatic N) is 3. The number of hydrogen-bond acceptors (Lipinski definition) is 4. The topological polar surface area (TPSA) is 59.2 Å². The van der Waals surface area contributed by atoms with Crippen LogP contribution in [-0.2, 0) is 0 Å². The lowest BCUT2D eigenvalue weighted by molar-refractivity contribution is 0.0691. The molecule has 0 spiro atoms. The molecule has 116 valence electrons. The third-order valence-electron chi connectivity index (χ3n) is 3.76. The molecule has 1 aliphatic rings. The van der Waals surface area contributed by atoms with Crippen LogP contribution in [0.4, 0.5) is 4.39 Å². The Hall–Kier alpha value is -1.95. The summed E-state index contributed by atoms with van der Waals surface area (Å²) in [5.74, 6) is 0.159. The molecule has 1 fully saturated rings. The van der Waals surface area contributed by atoms with E-state index >= 15 is 0 Å². The van der Waals surface area contributed by atoms with Crippen LogP contribution in [-0.4, -0.2) is 34.0 Å². The lowest BCUT2D eigenvalue weighted by Gasteiger charge is -2.31. The monoisotopic (exact) mass is 323 g/mol. The number of amides is 1. The fourth-order valence-corrected chi connectivity index (χ4v) is 2.83. The number of halogens is 2. The number of rotatable bonds is 2. The van der Waals surface area contributed by atoms with Crippen LogP contribution in [0.15, 0.2) is 22.7 Å². The molecule has 3 rings (SSSR count). The van der Waals surface area contributed by atoms with Crippen LogP contribution in [0.5, 0.6) is 0 Å². The predicted molar refractivity (Wildman–Crippen MR) is 78.3 cm³/mol. The van der Waals surface area contributed by atoms with Crippen molar-refractivity contribution in [2.24, 2.45) is 0 Å². The van der Waals surface area contributed by atoms with E-state index in [0.29, 0.717) is 24.8 Å². The summed E-state index contributed by atoms with van der Waals surface area (Å²) in [6.07, 6.45) is 1.68. The molecule has 2 aromatic rings. The van der Waals surface area contributed by atoms with E-state index in [-0.39, 0.29) is 22.4 Å². The molecule has 5 nitrogen and oxygen atoms in total. The zero-order chi connectivity index (χ0) is 15.7. The van der Waals surface area contributed by atoms with Crippen LogP contribution in [0.3, 0.4) is 0 Å². The Morgan fingerprint density at radius 1 is 1.50 bits per heavy atom. The standard InChI is InChI=1S/C15H15ClFN3O2/c1-9-18-14(22-19-9)10-3-2-6-20(8-10)15(21)12-5-4-11(16)7-13(12)17/h4-5,7,10H,2-3,6,8H2,1H3/t10-/m1/s1. The number of likely N-dealkylation sites (tertiary alicyclic amines) is 1. The first kappa shape index (κ1) is 15.0. The number of piperidine rings is 1. The minimum absolute atomic E-state index is 0.00531. The van der Waals surface area contributed by atoms with Crippen LogP contribution in [0.1, 0.15) is 40.8 Å². The summed E-state index contributed by atoms with van der Waals surface area (Å²) in [6.45, 7) is 2.79. The summed E-state index contributed by atoms with van der Waals surface area (Å²) in [6, 6.07) is 4.08. The van der Waals surface area contributed by atoms with Gasteiger partial charge in [-0.3, -0.25) is 4.79 Å². The van der Waals surface area contributed by atoms with Gasteiger partial charge in [-0.1, -0.05) is 16.8 Å². The van der Waals surface area contributed by atoms with Crippen LogP contribution in [0.2, 0.25) is 5.02 Å². The van der Waals surface area contributed by atoms with Gasteiger partial charge in [0.2, 0.25) is 5.89 Å². The average Bonchev–Trinajstić information content (AvgIpc) is 2.93. The predicted octanol–water partition coefficient (Wildman–Crippen LogP) is 3.19. The number of aromatic nitrogens is 2. The van der Waals surface area contributed by atoms with E-state index in [0.717, 1.165) is 18.9 Å². The van der Waals surface area contributed by atoms with Crippen molar-refractivity contribution in [2.45, 2.75) is 25.7 Å². The van der Waals surface area contributed by atoms with E-state index in [1.54, 1.807) is 11.8 Å². The summed E-state index contributed by atoms with van der Waals surface area (Å²) in [5, 5.41) is 4.05. The van der Waals surface area contributed by atoms with Gasteiger partial charge in [-0.15, -0.1) is 0 Å². The number of carbonyl (C=O) groups excluding carboxylic acids is 1. The van der Waals surface area contributed by atoms with Crippen molar-refractivity contribution in [3.63, 3.8) is 0 Å². The highest BCUT2D eigenvalue weighted by Crippen LogP contribution is 2.27. The van der Waals surface area contributed by atoms with Crippen LogP contribution in [0.25, 0.3) is 0 Å². The Balaban J connectivity index is 1.78. The molecule has 1 atom stereocenters. The fraction of sp³-hybridized carbons (Fsp3) is 0.400. The van der Waals surface area contributed by atoms with Gasteiger partial charge in [0.05, 0.1) is 11.5 Å². The molecule has 1 saturated heterocycles. The highest BCUT2D eigenvalue weighted by molar-refractivity contribution is 6.30. The first-order valence-electron chi connectivity index (χ1n) is 7.09. The highest BCUT2D eigenvalue weighted by atomic mass is 35.5. The third kappa shape index (κ3) is 2.97. The highest BCUT2D eigenvalue weighted by Gasteiger charge is 2.29. The SMILES string of the molecule is Cc1noc([C@@H]2CCCN(C(=O)c3ccc(Cl)cc3F)C2)n1. The van der Waals surface area contributed by atoms with Gasteiger partial charge in [0.15, 0.2) is 5.82 Å². The van der Waals surface area contributed by atoms with Crippen molar-refractivity contribution >= 4 is 17.5 Å². The van der Waals surface area contributed by atoms with E-state index in [1.807, 2.05) is 0 Å². The average molecular weight is 324 g/mol. The summed E-state index contributed by atoms with van der Waals surface area (Å²) in [4.78, 5) is 18.3. The maximum Gasteiger partial charge on any atom is 0.256 e. The molecule has 1 aromatic carbocycles. The largest absolute Gasteiger partial charge is 0.339 e. The number of benzene rings is 1. The summed E-state index contributed by atoms with van der Waals surface area (Å²) < 4.78 is 19.1. The van der Waals surface area contributed by atoms with E-state index in [1.165, 1.54) is 12.1 Å². The van der Waals surface area contributed by atoms with Crippen molar-refractivity contribution < 1.29 is 13.7 Å². The molecule has 0 aliphatic carbocycles. The number of hydrogen-bond donors (Lipinski definition) is 0. The molecule has 0 N–H and O–H groups in total. The van der Waals surface area contributed by atoms with Crippen LogP contribution < -0.4 is 0 Å². The number of aryl methyl sites for hydroxylation is 1. The minimum Gasteiger partial charge on any atom is -0.339 e. The first-order chi connectivity index (χ1) is 10.5. The molecule has 0 unspecified atom stereocenters. The Bertz CT molecular complexity index is 704. The quantitative estimate of drug-likeness (QED) is 0.851. The molecular weight excluding hydrogens is 309 g/mol. The fourth-order valence-electron chi connectivity index (χ4n) is 2.68. The zero-order valence-electron chi connectivity index (χ0n) is 12.1. The molecular formula is C15H15ClFN3O2. The van der Waals surface area contributed by atoms with E-state index in [9.17, 15) is 9.18 Å². The zero-order valence-corrected chi connectivity index (χ0v) is 12.8. The van der Waals surface area contributed by atoms with Gasteiger partial charge < -0.3 is 9.42 Å². The van der Waals surface area contributed by atoms with Crippen LogP contribution in [0, 0.1) is 12.7 Å². The molecule has 1 aromatic heterocycles. The van der Waals surface area contributed by atoms with Gasteiger partial charge in [-0.25, -0.2) is 4.39 Å². The van der Waals surface area contributed by atoms with E-state index < -0.39 is 5.82 Å². The first-order valence-corrected chi connectivity index (χ1v) is 7.47. The third-order valence-corrected chi connectivity index (χ3v) is 4.00. The maximum absolute atomic E-state index is 13.9. The molecule has 0 bridgehead atoms. The van der Waals surface area contributed by atoms with E-state index in [2.05, 4.69) is 10.1 Å². The van der Waals surface area contributed by atoms with Crippen molar-refractivity contribution in [1.29, 1.82) is 0 Å². The van der Waals surface area contributed by atoms with Gasteiger partial charge in [-0.2, -0.15) is 4.98 Å². The van der Waals surface area contributed by atoms with Crippen molar-refractivity contribution in [3.8, 4) is 0 Å². The van der Waals surface area contributed by atoms with Crippen molar-refractivity contribution in [3.05, 3.63) is 46.3 Å². The summed E-state index contributed by atoms with van der Waals surface area (Å²) in [5.41, 5.74) is 0.0340. The van der Waals surface area contributed by atoms with Crippen molar-refractivity contribution in [1.82, 2.24) is 15.0 Å². The second kappa shape index (κ2) is 6.04. The van der Waals surface area contributed by atoms with Crippen molar-refractivity contribution in [2.75, 3.05) is 13.1 Å². The van der Waals surface area contributed by atoms with Gasteiger partial charge >= 0.3 is 0 Å². The lowest BCUT2D eigenvalue weighted by Crippen LogP contribution is -2.39. The summed E-state index contributed by atoms with van der Waals surface area (Å²) in [7, 11) is 0. The molecule has 0 saturated carbocycles. The molecule has 1 aliphatic heterocycles. The Kier molecular flexibility index (Phi) is 4.11. The second-order valence-electron chi connectivity index (χ2n) is 5.39. The second-order valence-corrected chi connectivity index (χ2v) is 5.83. The maximum atomic E-state index is 13.9. The molecule has 2 heterocycles. The molecule has 1 amide bonds. The smallest absolute Gasteiger partial charge is 0.256 e. The minimum atomic E-state index is -0.603. The molecule has 0 radical (unpaired) electrons. The Morgan fingerprint density at radius 3 is 3.00 bits per heavy atom. The van der Waals surface area contributed by atoms with Crippen LogP contribution >= 0.6 is 11.6 Å². The van der Waals surface area contributed by atoms with Gasteiger partial charge in [-0.05, 0) is 38.0 Å². The molecule has 7 heteroatoms. The van der Waals surface area contributed by atoms with Gasteiger partial charge in [0.1, 0.15) is 5.82 Å². The Labute approximate surface area is 132 Å². The normalized spacial score (nSPS) is 18.5. The van der Waals surface area contributed by atoms with Gasteiger partial charge in [0, 0.05) is 18.1 Å². The Morgan fingerprint density at radius 2 is 2.32 bits per heavy atom.